The van der Waals surface area contributed by atoms with Gasteiger partial charge in [-0.15, -0.1) is 11.3 Å². The highest BCUT2D eigenvalue weighted by Gasteiger charge is 2.30. The zero-order valence-corrected chi connectivity index (χ0v) is 13.6. The maximum atomic E-state index is 4.61. The third-order valence-electron chi connectivity index (χ3n) is 4.14. The van der Waals surface area contributed by atoms with Gasteiger partial charge in [-0.2, -0.15) is 0 Å². The molecule has 1 aliphatic heterocycles. The van der Waals surface area contributed by atoms with E-state index in [1.165, 1.54) is 17.0 Å². The van der Waals surface area contributed by atoms with Gasteiger partial charge in [0.05, 0.1) is 12.1 Å². The van der Waals surface area contributed by atoms with Gasteiger partial charge in [-0.25, -0.2) is 4.98 Å². The Labute approximate surface area is 131 Å². The Morgan fingerprint density at radius 3 is 2.86 bits per heavy atom. The van der Waals surface area contributed by atoms with Gasteiger partial charge in [-0.05, 0) is 38.9 Å². The highest BCUT2D eigenvalue weighted by molar-refractivity contribution is 7.09. The fraction of sp³-hybridized carbons (Fsp3) is 0.471. The monoisotopic (exact) mass is 301 g/mol. The lowest BCUT2D eigenvalue weighted by Gasteiger charge is -2.34. The van der Waals surface area contributed by atoms with Crippen LogP contribution in [0.3, 0.4) is 0 Å². The van der Waals surface area contributed by atoms with Gasteiger partial charge in [0.1, 0.15) is 5.01 Å². The van der Waals surface area contributed by atoms with Crippen LogP contribution in [0.25, 0.3) is 0 Å². The maximum Gasteiger partial charge on any atom is 0.107 e. The average molecular weight is 301 g/mol. The van der Waals surface area contributed by atoms with E-state index in [2.05, 4.69) is 64.8 Å². The highest BCUT2D eigenvalue weighted by atomic mass is 32.1. The Morgan fingerprint density at radius 2 is 2.14 bits per heavy atom. The number of nitrogens with one attached hydrogen (secondary N) is 1. The van der Waals surface area contributed by atoms with Gasteiger partial charge in [0.25, 0.3) is 0 Å². The second kappa shape index (κ2) is 6.26. The van der Waals surface area contributed by atoms with Gasteiger partial charge in [0.15, 0.2) is 0 Å². The fourth-order valence-corrected chi connectivity index (χ4v) is 3.86. The number of aromatic nitrogens is 1. The van der Waals surface area contributed by atoms with Gasteiger partial charge in [-0.1, -0.05) is 30.3 Å². The van der Waals surface area contributed by atoms with Crippen molar-refractivity contribution < 1.29 is 0 Å². The van der Waals surface area contributed by atoms with E-state index in [9.17, 15) is 0 Å². The van der Waals surface area contributed by atoms with Crippen molar-refractivity contribution in [3.63, 3.8) is 0 Å². The predicted octanol–water partition coefficient (Wildman–Crippen LogP) is 3.16. The molecule has 0 radical (unpaired) electrons. The van der Waals surface area contributed by atoms with Crippen molar-refractivity contribution in [2.45, 2.75) is 32.4 Å². The first-order valence-electron chi connectivity index (χ1n) is 7.60. The van der Waals surface area contributed by atoms with Gasteiger partial charge in [-0.3, -0.25) is 4.90 Å². The summed E-state index contributed by atoms with van der Waals surface area (Å²) in [6.45, 7) is 8.57. The average Bonchev–Trinajstić information content (AvgIpc) is 2.79. The van der Waals surface area contributed by atoms with Crippen molar-refractivity contribution in [1.29, 1.82) is 0 Å². The van der Waals surface area contributed by atoms with Crippen molar-refractivity contribution in [2.24, 2.45) is 0 Å². The van der Waals surface area contributed by atoms with Crippen molar-refractivity contribution in [3.05, 3.63) is 52.0 Å². The number of hydrogen-bond donors (Lipinski definition) is 1. The molecule has 1 N–H and O–H groups in total. The van der Waals surface area contributed by atoms with E-state index >= 15 is 0 Å². The van der Waals surface area contributed by atoms with Crippen LogP contribution < -0.4 is 5.32 Å². The Balaban J connectivity index is 1.77. The minimum Gasteiger partial charge on any atom is -0.307 e. The van der Waals surface area contributed by atoms with Crippen molar-refractivity contribution in [2.75, 3.05) is 19.6 Å². The second-order valence-corrected chi connectivity index (χ2v) is 7.01. The van der Waals surface area contributed by atoms with E-state index < -0.39 is 0 Å². The van der Waals surface area contributed by atoms with Crippen LogP contribution in [0.1, 0.15) is 29.6 Å². The maximum absolute atomic E-state index is 4.61. The molecule has 1 unspecified atom stereocenters. The smallest absolute Gasteiger partial charge is 0.107 e. The third-order valence-corrected chi connectivity index (χ3v) is 5.09. The molecule has 0 spiro atoms. The quantitative estimate of drug-likeness (QED) is 0.944. The molecule has 1 saturated heterocycles. The fourth-order valence-electron chi connectivity index (χ4n) is 3.05. The van der Waals surface area contributed by atoms with Crippen LogP contribution in [0.15, 0.2) is 35.7 Å². The summed E-state index contributed by atoms with van der Waals surface area (Å²) in [6.07, 6.45) is 1.19. The topological polar surface area (TPSA) is 28.2 Å². The molecule has 0 aliphatic carbocycles. The molecule has 3 rings (SSSR count). The minimum absolute atomic E-state index is 0.0179. The molecular weight excluding hydrogens is 278 g/mol. The zero-order chi connectivity index (χ0) is 14.7. The normalized spacial score (nSPS) is 23.9. The molecule has 1 atom stereocenters. The number of nitrogens with zero attached hydrogens (tertiary/aromatic N) is 2. The van der Waals surface area contributed by atoms with Crippen LogP contribution in [0, 0.1) is 6.92 Å². The minimum atomic E-state index is 0.0179. The molecule has 1 aromatic carbocycles. The Hall–Kier alpha value is -1.23. The Morgan fingerprint density at radius 1 is 1.33 bits per heavy atom. The molecule has 112 valence electrons. The first kappa shape index (κ1) is 14.7. The summed E-state index contributed by atoms with van der Waals surface area (Å²) >= 11 is 1.77. The molecule has 0 amide bonds. The van der Waals surface area contributed by atoms with Crippen LogP contribution in [-0.4, -0.2) is 29.5 Å². The molecule has 0 bridgehead atoms. The van der Waals surface area contributed by atoms with Crippen molar-refractivity contribution >= 4 is 11.3 Å². The summed E-state index contributed by atoms with van der Waals surface area (Å²) in [4.78, 5) is 7.15. The first-order chi connectivity index (χ1) is 10.2. The third kappa shape index (κ3) is 3.51. The summed E-state index contributed by atoms with van der Waals surface area (Å²) in [5.74, 6) is 0. The van der Waals surface area contributed by atoms with E-state index in [-0.39, 0.29) is 5.54 Å². The number of aryl methyl sites for hydroxylation is 1. The summed E-state index contributed by atoms with van der Waals surface area (Å²) in [5, 5.41) is 7.10. The van der Waals surface area contributed by atoms with Crippen LogP contribution in [0.2, 0.25) is 0 Å². The lowest BCUT2D eigenvalue weighted by atomic mass is 9.91. The summed E-state index contributed by atoms with van der Waals surface area (Å²) < 4.78 is 0. The zero-order valence-electron chi connectivity index (χ0n) is 12.8. The molecule has 1 fully saturated rings. The molecule has 2 aromatic rings. The van der Waals surface area contributed by atoms with E-state index in [4.69, 9.17) is 0 Å². The summed E-state index contributed by atoms with van der Waals surface area (Å²) in [6, 6.07) is 10.8. The lowest BCUT2D eigenvalue weighted by Crippen LogP contribution is -2.46. The van der Waals surface area contributed by atoms with Gasteiger partial charge in [0.2, 0.25) is 0 Å². The number of thiazole rings is 1. The molecule has 0 saturated carbocycles. The van der Waals surface area contributed by atoms with Gasteiger partial charge >= 0.3 is 0 Å². The van der Waals surface area contributed by atoms with E-state index in [1.807, 2.05) is 0 Å². The molecule has 21 heavy (non-hydrogen) atoms. The number of benzene rings is 1. The first-order valence-corrected chi connectivity index (χ1v) is 8.48. The Bertz CT molecular complexity index is 581. The molecule has 2 heterocycles. The van der Waals surface area contributed by atoms with Crippen LogP contribution in [-0.2, 0) is 12.1 Å². The standard InChI is InChI=1S/C17H23N3S/c1-14-12-21-16(19-14)11-20-10-6-9-18-17(2,13-20)15-7-4-3-5-8-15/h3-5,7-8,12,18H,6,9-11,13H2,1-2H3. The van der Waals surface area contributed by atoms with E-state index in [0.717, 1.165) is 31.9 Å². The van der Waals surface area contributed by atoms with Crippen molar-refractivity contribution in [3.8, 4) is 0 Å². The molecule has 3 nitrogen and oxygen atoms in total. The van der Waals surface area contributed by atoms with E-state index in [1.54, 1.807) is 11.3 Å². The van der Waals surface area contributed by atoms with Crippen LogP contribution in [0.4, 0.5) is 0 Å². The SMILES string of the molecule is Cc1csc(CN2CCCNC(C)(c3ccccc3)C2)n1. The molecule has 1 aromatic heterocycles. The van der Waals surface area contributed by atoms with Crippen LogP contribution >= 0.6 is 11.3 Å². The largest absolute Gasteiger partial charge is 0.307 e. The molecule has 4 heteroatoms. The lowest BCUT2D eigenvalue weighted by molar-refractivity contribution is 0.213. The highest BCUT2D eigenvalue weighted by Crippen LogP contribution is 2.25. The van der Waals surface area contributed by atoms with Gasteiger partial charge in [0, 0.05) is 17.6 Å². The second-order valence-electron chi connectivity index (χ2n) is 6.07. The van der Waals surface area contributed by atoms with Gasteiger partial charge < -0.3 is 5.32 Å². The number of hydrogen-bond acceptors (Lipinski definition) is 4. The van der Waals surface area contributed by atoms with Crippen molar-refractivity contribution in [1.82, 2.24) is 15.2 Å². The van der Waals surface area contributed by atoms with Crippen LogP contribution in [0.5, 0.6) is 0 Å². The summed E-state index contributed by atoms with van der Waals surface area (Å²) in [5.41, 5.74) is 2.52. The summed E-state index contributed by atoms with van der Waals surface area (Å²) in [7, 11) is 0. The predicted molar refractivity (Wildman–Crippen MR) is 88.5 cm³/mol. The number of rotatable bonds is 3. The van der Waals surface area contributed by atoms with E-state index in [0.29, 0.717) is 0 Å². The Kier molecular flexibility index (Phi) is 4.38. The molecular formula is C17H23N3S. The molecule has 1 aliphatic rings.